The van der Waals surface area contributed by atoms with E-state index < -0.39 is 23.3 Å². The van der Waals surface area contributed by atoms with Gasteiger partial charge in [-0.3, -0.25) is 0 Å². The molecule has 0 radical (unpaired) electrons. The molecule has 0 aliphatic carbocycles. The molecule has 0 fully saturated rings. The average molecular weight is 271 g/mol. The molecular weight excluding hydrogens is 259 g/mol. The summed E-state index contributed by atoms with van der Waals surface area (Å²) in [6.45, 7) is 3.29. The number of hydrogen-bond donors (Lipinski definition) is 0. The second kappa shape index (κ2) is 5.74. The molecule has 0 bridgehead atoms. The van der Waals surface area contributed by atoms with Crippen molar-refractivity contribution in [3.05, 3.63) is 34.4 Å². The molecule has 0 saturated heterocycles. The molecule has 3 nitrogen and oxygen atoms in total. The highest BCUT2D eigenvalue weighted by molar-refractivity contribution is 5.92. The Morgan fingerprint density at radius 1 is 1.37 bits per heavy atom. The van der Waals surface area contributed by atoms with Crippen LogP contribution in [-0.4, -0.2) is 12.6 Å². The van der Waals surface area contributed by atoms with E-state index in [-0.39, 0.29) is 24.2 Å². The fourth-order valence-electron chi connectivity index (χ4n) is 1.78. The third-order valence-electron chi connectivity index (χ3n) is 2.58. The van der Waals surface area contributed by atoms with E-state index in [0.717, 1.165) is 12.1 Å². The summed E-state index contributed by atoms with van der Waals surface area (Å²) in [7, 11) is 0. The van der Waals surface area contributed by atoms with Gasteiger partial charge in [-0.15, -0.1) is 0 Å². The van der Waals surface area contributed by atoms with E-state index in [0.29, 0.717) is 0 Å². The van der Waals surface area contributed by atoms with E-state index in [2.05, 4.69) is 0 Å². The van der Waals surface area contributed by atoms with Crippen molar-refractivity contribution in [2.24, 2.45) is 0 Å². The molecular formula is C13H12F3NO2. The van der Waals surface area contributed by atoms with Gasteiger partial charge in [0.1, 0.15) is 6.07 Å². The second-order valence-corrected chi connectivity index (χ2v) is 3.70. The maximum atomic E-state index is 12.8. The SMILES string of the molecule is CCOC(=O)c1ccc(C(F)(F)F)c(C#N)c1CC. The molecule has 0 aliphatic heterocycles. The molecule has 0 aliphatic rings. The quantitative estimate of drug-likeness (QED) is 0.792. The van der Waals surface area contributed by atoms with Crippen LogP contribution < -0.4 is 0 Å². The molecule has 6 heteroatoms. The van der Waals surface area contributed by atoms with Crippen molar-refractivity contribution in [1.29, 1.82) is 5.26 Å². The first kappa shape index (κ1) is 15.0. The van der Waals surface area contributed by atoms with Gasteiger partial charge in [0, 0.05) is 0 Å². The van der Waals surface area contributed by atoms with Gasteiger partial charge in [0.25, 0.3) is 0 Å². The minimum absolute atomic E-state index is 0.00824. The van der Waals surface area contributed by atoms with Crippen LogP contribution in [0.15, 0.2) is 12.1 Å². The fraction of sp³-hybridized carbons (Fsp3) is 0.385. The summed E-state index contributed by atoms with van der Waals surface area (Å²) in [5.41, 5.74) is -1.47. The van der Waals surface area contributed by atoms with Gasteiger partial charge in [-0.1, -0.05) is 6.92 Å². The minimum Gasteiger partial charge on any atom is -0.462 e. The lowest BCUT2D eigenvalue weighted by Crippen LogP contribution is -2.14. The molecule has 0 N–H and O–H groups in total. The molecule has 102 valence electrons. The summed E-state index contributed by atoms with van der Waals surface area (Å²) in [6, 6.07) is 3.33. The Bertz CT molecular complexity index is 530. The Hall–Kier alpha value is -2.03. The van der Waals surface area contributed by atoms with Crippen LogP contribution in [0.4, 0.5) is 13.2 Å². The number of alkyl halides is 3. The van der Waals surface area contributed by atoms with Crippen molar-refractivity contribution in [2.75, 3.05) is 6.61 Å². The highest BCUT2D eigenvalue weighted by Crippen LogP contribution is 2.34. The highest BCUT2D eigenvalue weighted by atomic mass is 19.4. The van der Waals surface area contributed by atoms with Crippen LogP contribution in [0, 0.1) is 11.3 Å². The van der Waals surface area contributed by atoms with Crippen molar-refractivity contribution in [2.45, 2.75) is 26.4 Å². The maximum absolute atomic E-state index is 12.8. The van der Waals surface area contributed by atoms with Crippen LogP contribution >= 0.6 is 0 Å². The molecule has 19 heavy (non-hydrogen) atoms. The number of hydrogen-bond acceptors (Lipinski definition) is 3. The average Bonchev–Trinajstić information content (AvgIpc) is 2.35. The first-order chi connectivity index (χ1) is 8.86. The lowest BCUT2D eigenvalue weighted by atomic mass is 9.94. The number of benzene rings is 1. The number of rotatable bonds is 3. The molecule has 0 aromatic heterocycles. The monoisotopic (exact) mass is 271 g/mol. The van der Waals surface area contributed by atoms with Crippen LogP contribution in [0.25, 0.3) is 0 Å². The van der Waals surface area contributed by atoms with Gasteiger partial charge in [0.15, 0.2) is 0 Å². The van der Waals surface area contributed by atoms with Gasteiger partial charge in [-0.25, -0.2) is 4.79 Å². The second-order valence-electron chi connectivity index (χ2n) is 3.70. The van der Waals surface area contributed by atoms with Crippen molar-refractivity contribution >= 4 is 5.97 Å². The molecule has 0 spiro atoms. The molecule has 0 saturated carbocycles. The number of halogens is 3. The summed E-state index contributed by atoms with van der Waals surface area (Å²) >= 11 is 0. The number of ether oxygens (including phenoxy) is 1. The number of carbonyl (C=O) groups excluding carboxylic acids is 1. The van der Waals surface area contributed by atoms with E-state index in [9.17, 15) is 18.0 Å². The van der Waals surface area contributed by atoms with Gasteiger partial charge in [-0.2, -0.15) is 18.4 Å². The third kappa shape index (κ3) is 3.05. The van der Waals surface area contributed by atoms with Gasteiger partial charge in [0.2, 0.25) is 0 Å². The van der Waals surface area contributed by atoms with Gasteiger partial charge >= 0.3 is 12.1 Å². The summed E-state index contributed by atoms with van der Waals surface area (Å²) < 4.78 is 43.1. The molecule has 0 amide bonds. The van der Waals surface area contributed by atoms with Crippen LogP contribution in [0.3, 0.4) is 0 Å². The first-order valence-corrected chi connectivity index (χ1v) is 5.67. The normalized spacial score (nSPS) is 10.9. The minimum atomic E-state index is -4.62. The van der Waals surface area contributed by atoms with E-state index in [4.69, 9.17) is 10.00 Å². The number of nitriles is 1. The highest BCUT2D eigenvalue weighted by Gasteiger charge is 2.35. The number of esters is 1. The predicted molar refractivity (Wildman–Crippen MR) is 61.5 cm³/mol. The van der Waals surface area contributed by atoms with E-state index >= 15 is 0 Å². The first-order valence-electron chi connectivity index (χ1n) is 5.67. The number of nitrogens with zero attached hydrogens (tertiary/aromatic N) is 1. The summed E-state index contributed by atoms with van der Waals surface area (Å²) in [4.78, 5) is 11.6. The van der Waals surface area contributed by atoms with Crippen molar-refractivity contribution < 1.29 is 22.7 Å². The Morgan fingerprint density at radius 2 is 2.00 bits per heavy atom. The zero-order chi connectivity index (χ0) is 14.6. The van der Waals surface area contributed by atoms with Crippen LogP contribution in [-0.2, 0) is 17.3 Å². The zero-order valence-corrected chi connectivity index (χ0v) is 10.5. The van der Waals surface area contributed by atoms with Gasteiger partial charge < -0.3 is 4.74 Å². The molecule has 0 heterocycles. The lowest BCUT2D eigenvalue weighted by molar-refractivity contribution is -0.137. The zero-order valence-electron chi connectivity index (χ0n) is 10.5. The molecule has 1 aromatic carbocycles. The Balaban J connectivity index is 3.49. The van der Waals surface area contributed by atoms with Gasteiger partial charge in [-0.05, 0) is 31.0 Å². The molecule has 0 unspecified atom stereocenters. The van der Waals surface area contributed by atoms with Crippen molar-refractivity contribution in [3.63, 3.8) is 0 Å². The van der Waals surface area contributed by atoms with Crippen LogP contribution in [0.5, 0.6) is 0 Å². The van der Waals surface area contributed by atoms with Crippen LogP contribution in [0.1, 0.15) is 40.9 Å². The summed E-state index contributed by atoms with van der Waals surface area (Å²) in [6.07, 6.45) is -4.48. The molecule has 1 rings (SSSR count). The standard InChI is InChI=1S/C13H12F3NO2/c1-3-8-9(12(18)19-4-2)5-6-11(10(8)7-17)13(14,15)16/h5-6H,3-4H2,1-2H3. The summed E-state index contributed by atoms with van der Waals surface area (Å²) in [5, 5.41) is 8.93. The molecule has 0 atom stereocenters. The van der Waals surface area contributed by atoms with E-state index in [1.54, 1.807) is 13.8 Å². The van der Waals surface area contributed by atoms with Crippen LogP contribution in [0.2, 0.25) is 0 Å². The Morgan fingerprint density at radius 3 is 2.42 bits per heavy atom. The van der Waals surface area contributed by atoms with Crippen molar-refractivity contribution in [1.82, 2.24) is 0 Å². The van der Waals surface area contributed by atoms with Crippen molar-refractivity contribution in [3.8, 4) is 6.07 Å². The smallest absolute Gasteiger partial charge is 0.417 e. The summed E-state index contributed by atoms with van der Waals surface area (Å²) in [5.74, 6) is -0.718. The lowest BCUT2D eigenvalue weighted by Gasteiger charge is -2.14. The predicted octanol–water partition coefficient (Wildman–Crippen LogP) is 3.32. The van der Waals surface area contributed by atoms with E-state index in [1.807, 2.05) is 0 Å². The number of carbonyl (C=O) groups is 1. The van der Waals surface area contributed by atoms with Gasteiger partial charge in [0.05, 0.1) is 23.3 Å². The molecule has 1 aromatic rings. The Kier molecular flexibility index (Phi) is 4.54. The topological polar surface area (TPSA) is 50.1 Å². The largest absolute Gasteiger partial charge is 0.462 e. The third-order valence-corrected chi connectivity index (χ3v) is 2.58. The Labute approximate surface area is 108 Å². The fourth-order valence-corrected chi connectivity index (χ4v) is 1.78. The van der Waals surface area contributed by atoms with E-state index in [1.165, 1.54) is 6.07 Å². The maximum Gasteiger partial charge on any atom is 0.417 e.